The second kappa shape index (κ2) is 10.9. The Kier molecular flexibility index (Phi) is 7.50. The van der Waals surface area contributed by atoms with Crippen LogP contribution >= 0.6 is 0 Å². The summed E-state index contributed by atoms with van der Waals surface area (Å²) < 4.78 is 16.2. The van der Waals surface area contributed by atoms with Gasteiger partial charge in [0.2, 0.25) is 5.91 Å². The zero-order valence-electron chi connectivity index (χ0n) is 20.1. The molecule has 35 heavy (non-hydrogen) atoms. The molecular formula is C27H29N3O5. The minimum atomic E-state index is -0.470. The average molecular weight is 476 g/mol. The van der Waals surface area contributed by atoms with Crippen LogP contribution in [0.5, 0.6) is 17.2 Å². The molecule has 3 aromatic rings. The van der Waals surface area contributed by atoms with Gasteiger partial charge in [-0.1, -0.05) is 6.07 Å². The minimum absolute atomic E-state index is 0.139. The fourth-order valence-electron chi connectivity index (χ4n) is 4.41. The molecule has 0 aliphatic carbocycles. The Hall–Kier alpha value is -4.07. The maximum atomic E-state index is 13.4. The Balaban J connectivity index is 1.61. The van der Waals surface area contributed by atoms with E-state index in [1.54, 1.807) is 56.7 Å². The van der Waals surface area contributed by atoms with Crippen LogP contribution in [0, 0.1) is 5.92 Å². The number of carbonyl (C=O) groups is 2. The monoisotopic (exact) mass is 475 g/mol. The highest BCUT2D eigenvalue weighted by molar-refractivity contribution is 5.95. The number of hydrogen-bond donors (Lipinski definition) is 1. The number of aromatic nitrogens is 1. The van der Waals surface area contributed by atoms with Crippen LogP contribution < -0.4 is 19.5 Å². The van der Waals surface area contributed by atoms with E-state index in [-0.39, 0.29) is 24.3 Å². The van der Waals surface area contributed by atoms with Gasteiger partial charge in [-0.25, -0.2) is 0 Å². The first-order valence-corrected chi connectivity index (χ1v) is 11.4. The van der Waals surface area contributed by atoms with E-state index in [0.29, 0.717) is 35.9 Å². The molecule has 0 unspecified atom stereocenters. The minimum Gasteiger partial charge on any atom is -0.497 e. The van der Waals surface area contributed by atoms with Crippen LogP contribution in [-0.4, -0.2) is 56.1 Å². The van der Waals surface area contributed by atoms with Gasteiger partial charge in [-0.2, -0.15) is 0 Å². The molecule has 0 bridgehead atoms. The lowest BCUT2D eigenvalue weighted by Crippen LogP contribution is -2.35. The summed E-state index contributed by atoms with van der Waals surface area (Å²) in [6, 6.07) is 18.1. The molecule has 2 amide bonds. The van der Waals surface area contributed by atoms with Gasteiger partial charge in [0.25, 0.3) is 5.91 Å². The molecule has 1 aliphatic heterocycles. The van der Waals surface area contributed by atoms with Crippen molar-refractivity contribution in [1.29, 1.82) is 0 Å². The molecule has 2 aromatic carbocycles. The van der Waals surface area contributed by atoms with Gasteiger partial charge in [-0.05, 0) is 54.6 Å². The second-order valence-electron chi connectivity index (χ2n) is 8.30. The fourth-order valence-corrected chi connectivity index (χ4v) is 4.41. The highest BCUT2D eigenvalue weighted by atomic mass is 16.5. The highest BCUT2D eigenvalue weighted by Crippen LogP contribution is 2.40. The van der Waals surface area contributed by atoms with E-state index in [4.69, 9.17) is 14.2 Å². The maximum absolute atomic E-state index is 13.4. The zero-order valence-corrected chi connectivity index (χ0v) is 20.1. The molecular weight excluding hydrogens is 446 g/mol. The standard InChI is InChI=1S/C27H29N3O5/c1-33-20-9-7-18(8-10-20)27(32)30-16-23(22-14-21(34-2)11-12-25(22)35-3)24(17-30)26(31)29-15-19-6-4-5-13-28-19/h4-14,23-24H,15-17H2,1-3H3,(H,29,31)/t23-,24-/m0/s1. The SMILES string of the molecule is COc1ccc(C(=O)N2C[C@H](C(=O)NCc3ccccn3)[C@H](c3cc(OC)ccc3OC)C2)cc1. The Bertz CT molecular complexity index is 1170. The van der Waals surface area contributed by atoms with Crippen molar-refractivity contribution in [3.8, 4) is 17.2 Å². The number of carbonyl (C=O) groups excluding carboxylic acids is 2. The smallest absolute Gasteiger partial charge is 0.253 e. The van der Waals surface area contributed by atoms with Crippen molar-refractivity contribution in [3.63, 3.8) is 0 Å². The lowest BCUT2D eigenvalue weighted by atomic mass is 9.87. The molecule has 8 heteroatoms. The molecule has 2 heterocycles. The summed E-state index contributed by atoms with van der Waals surface area (Å²) in [5.74, 6) is 0.960. The van der Waals surface area contributed by atoms with Gasteiger partial charge in [0.15, 0.2) is 0 Å². The number of benzene rings is 2. The molecule has 0 spiro atoms. The molecule has 1 aliphatic rings. The summed E-state index contributed by atoms with van der Waals surface area (Å²) >= 11 is 0. The van der Waals surface area contributed by atoms with Gasteiger partial charge in [-0.15, -0.1) is 0 Å². The van der Waals surface area contributed by atoms with Crippen molar-refractivity contribution < 1.29 is 23.8 Å². The van der Waals surface area contributed by atoms with E-state index in [1.165, 1.54) is 0 Å². The molecule has 182 valence electrons. The molecule has 1 aromatic heterocycles. The van der Waals surface area contributed by atoms with Crippen LogP contribution in [0.25, 0.3) is 0 Å². The van der Waals surface area contributed by atoms with Crippen molar-refractivity contribution in [2.75, 3.05) is 34.4 Å². The van der Waals surface area contributed by atoms with Crippen LogP contribution in [0.15, 0.2) is 66.9 Å². The number of methoxy groups -OCH3 is 3. The molecule has 4 rings (SSSR count). The number of rotatable bonds is 8. The summed E-state index contributed by atoms with van der Waals surface area (Å²) in [6.07, 6.45) is 1.69. The summed E-state index contributed by atoms with van der Waals surface area (Å²) in [5.41, 5.74) is 2.13. The molecule has 1 fully saturated rings. The summed E-state index contributed by atoms with van der Waals surface area (Å²) in [5, 5.41) is 2.99. The Morgan fingerprint density at radius 3 is 2.34 bits per heavy atom. The predicted octanol–water partition coefficient (Wildman–Crippen LogP) is 3.28. The molecule has 2 atom stereocenters. The number of likely N-dealkylation sites (tertiary alicyclic amines) is 1. The third-order valence-corrected chi connectivity index (χ3v) is 6.29. The van der Waals surface area contributed by atoms with Crippen LogP contribution in [0.3, 0.4) is 0 Å². The number of amides is 2. The van der Waals surface area contributed by atoms with Gasteiger partial charge in [0.05, 0.1) is 39.5 Å². The quantitative estimate of drug-likeness (QED) is 0.538. The number of nitrogens with one attached hydrogen (secondary N) is 1. The van der Waals surface area contributed by atoms with Crippen molar-refractivity contribution in [2.45, 2.75) is 12.5 Å². The van der Waals surface area contributed by atoms with Crippen LogP contribution in [0.1, 0.15) is 27.5 Å². The normalized spacial score (nSPS) is 17.1. The van der Waals surface area contributed by atoms with E-state index in [2.05, 4.69) is 10.3 Å². The predicted molar refractivity (Wildman–Crippen MR) is 131 cm³/mol. The molecule has 1 saturated heterocycles. The number of hydrogen-bond acceptors (Lipinski definition) is 6. The number of nitrogens with zero attached hydrogens (tertiary/aromatic N) is 2. The van der Waals surface area contributed by atoms with E-state index in [1.807, 2.05) is 36.4 Å². The van der Waals surface area contributed by atoms with E-state index in [9.17, 15) is 9.59 Å². The molecule has 8 nitrogen and oxygen atoms in total. The Labute approximate surface area is 204 Å². The van der Waals surface area contributed by atoms with Crippen molar-refractivity contribution in [1.82, 2.24) is 15.2 Å². The first kappa shape index (κ1) is 24.1. The summed E-state index contributed by atoms with van der Waals surface area (Å²) in [7, 11) is 4.77. The van der Waals surface area contributed by atoms with Crippen LogP contribution in [0.2, 0.25) is 0 Å². The average Bonchev–Trinajstić information content (AvgIpc) is 3.37. The van der Waals surface area contributed by atoms with E-state index in [0.717, 1.165) is 11.3 Å². The summed E-state index contributed by atoms with van der Waals surface area (Å²) in [6.45, 7) is 0.963. The Morgan fingerprint density at radius 1 is 0.943 bits per heavy atom. The van der Waals surface area contributed by atoms with E-state index >= 15 is 0 Å². The molecule has 0 radical (unpaired) electrons. The Morgan fingerprint density at radius 2 is 1.69 bits per heavy atom. The fraction of sp³-hybridized carbons (Fsp3) is 0.296. The third-order valence-electron chi connectivity index (χ3n) is 6.29. The zero-order chi connectivity index (χ0) is 24.8. The maximum Gasteiger partial charge on any atom is 0.253 e. The van der Waals surface area contributed by atoms with E-state index < -0.39 is 5.92 Å². The van der Waals surface area contributed by atoms with Gasteiger partial charge in [0, 0.05) is 36.3 Å². The van der Waals surface area contributed by atoms with Gasteiger partial charge >= 0.3 is 0 Å². The summed E-state index contributed by atoms with van der Waals surface area (Å²) in [4.78, 5) is 32.7. The van der Waals surface area contributed by atoms with Crippen LogP contribution in [-0.2, 0) is 11.3 Å². The van der Waals surface area contributed by atoms with Gasteiger partial charge in [-0.3, -0.25) is 14.6 Å². The first-order chi connectivity index (χ1) is 17.0. The number of pyridine rings is 1. The van der Waals surface area contributed by atoms with Crippen molar-refractivity contribution in [3.05, 3.63) is 83.7 Å². The topological polar surface area (TPSA) is 90.0 Å². The first-order valence-electron chi connectivity index (χ1n) is 11.4. The number of ether oxygens (including phenoxy) is 3. The second-order valence-corrected chi connectivity index (χ2v) is 8.30. The molecule has 1 N–H and O–H groups in total. The third kappa shape index (κ3) is 5.37. The van der Waals surface area contributed by atoms with Crippen molar-refractivity contribution in [2.24, 2.45) is 5.92 Å². The highest BCUT2D eigenvalue weighted by Gasteiger charge is 2.42. The van der Waals surface area contributed by atoms with Gasteiger partial charge in [0.1, 0.15) is 17.2 Å². The van der Waals surface area contributed by atoms with Crippen LogP contribution in [0.4, 0.5) is 0 Å². The largest absolute Gasteiger partial charge is 0.497 e. The lowest BCUT2D eigenvalue weighted by Gasteiger charge is -2.21. The lowest BCUT2D eigenvalue weighted by molar-refractivity contribution is -0.125. The molecule has 0 saturated carbocycles. The van der Waals surface area contributed by atoms with Crippen molar-refractivity contribution >= 4 is 11.8 Å². The van der Waals surface area contributed by atoms with Gasteiger partial charge < -0.3 is 24.4 Å².